The topological polar surface area (TPSA) is 48.1 Å². The van der Waals surface area contributed by atoms with E-state index in [0.29, 0.717) is 28.8 Å². The number of halogens is 1. The Hall–Kier alpha value is -0.800. The van der Waals surface area contributed by atoms with Crippen molar-refractivity contribution >= 4 is 11.6 Å². The Bertz CT molecular complexity index is 448. The highest BCUT2D eigenvalue weighted by Gasteiger charge is 2.33. The van der Waals surface area contributed by atoms with Gasteiger partial charge in [0.05, 0.1) is 0 Å². The summed E-state index contributed by atoms with van der Waals surface area (Å²) in [5, 5.41) is 0.555. The van der Waals surface area contributed by atoms with Crippen molar-refractivity contribution in [1.29, 1.82) is 0 Å². The van der Waals surface area contributed by atoms with Gasteiger partial charge in [0.1, 0.15) is 11.1 Å². The van der Waals surface area contributed by atoms with Gasteiger partial charge in [-0.2, -0.15) is 0 Å². The van der Waals surface area contributed by atoms with E-state index < -0.39 is 0 Å². The van der Waals surface area contributed by atoms with Gasteiger partial charge in [0, 0.05) is 12.7 Å². The van der Waals surface area contributed by atoms with E-state index in [1.807, 2.05) is 6.07 Å². The van der Waals surface area contributed by atoms with Crippen molar-refractivity contribution < 1.29 is 4.74 Å². The van der Waals surface area contributed by atoms with Crippen LogP contribution < -0.4 is 10.5 Å². The van der Waals surface area contributed by atoms with Gasteiger partial charge in [0.2, 0.25) is 5.88 Å². The van der Waals surface area contributed by atoms with Gasteiger partial charge in [-0.15, -0.1) is 0 Å². The predicted octanol–water partition coefficient (Wildman–Crippen LogP) is 3.79. The van der Waals surface area contributed by atoms with Crippen molar-refractivity contribution in [2.24, 2.45) is 17.1 Å². The molecule has 2 atom stereocenters. The van der Waals surface area contributed by atoms with Crippen LogP contribution in [-0.4, -0.2) is 11.1 Å². The van der Waals surface area contributed by atoms with E-state index in [9.17, 15) is 0 Å². The molecule has 1 fully saturated rings. The number of pyridine rings is 1. The summed E-state index contributed by atoms with van der Waals surface area (Å²) in [6, 6.07) is 1.83. The highest BCUT2D eigenvalue weighted by atomic mass is 35.5. The zero-order chi connectivity index (χ0) is 14.0. The summed E-state index contributed by atoms with van der Waals surface area (Å²) in [6.07, 6.45) is 5.31. The molecular formula is C15H23ClN2O. The molecule has 0 saturated heterocycles. The first-order valence-electron chi connectivity index (χ1n) is 6.91. The summed E-state index contributed by atoms with van der Waals surface area (Å²) < 4.78 is 6.01. The second-order valence-corrected chi connectivity index (χ2v) is 6.90. The van der Waals surface area contributed by atoms with E-state index in [2.05, 4.69) is 25.8 Å². The van der Waals surface area contributed by atoms with Gasteiger partial charge in [0.15, 0.2) is 0 Å². The predicted molar refractivity (Wildman–Crippen MR) is 78.4 cm³/mol. The van der Waals surface area contributed by atoms with Crippen LogP contribution in [0.5, 0.6) is 5.88 Å². The molecule has 4 heteroatoms. The first-order chi connectivity index (χ1) is 8.89. The first-order valence-corrected chi connectivity index (χ1v) is 7.28. The Morgan fingerprint density at radius 1 is 1.47 bits per heavy atom. The van der Waals surface area contributed by atoms with E-state index in [0.717, 1.165) is 18.4 Å². The highest BCUT2D eigenvalue weighted by Crippen LogP contribution is 2.40. The van der Waals surface area contributed by atoms with Crippen molar-refractivity contribution in [3.8, 4) is 5.88 Å². The molecule has 0 amide bonds. The van der Waals surface area contributed by atoms with Crippen molar-refractivity contribution in [3.63, 3.8) is 0 Å². The minimum atomic E-state index is 0.201. The molecule has 0 bridgehead atoms. The number of nitrogens with zero attached hydrogens (tertiary/aromatic N) is 1. The number of rotatable bonds is 3. The van der Waals surface area contributed by atoms with Gasteiger partial charge in [-0.1, -0.05) is 32.4 Å². The van der Waals surface area contributed by atoms with Crippen LogP contribution in [0, 0.1) is 11.3 Å². The fourth-order valence-electron chi connectivity index (χ4n) is 3.17. The molecular weight excluding hydrogens is 260 g/mol. The molecule has 0 radical (unpaired) electrons. The second kappa shape index (κ2) is 5.68. The lowest BCUT2D eigenvalue weighted by molar-refractivity contribution is 0.0533. The average Bonchev–Trinajstić information content (AvgIpc) is 2.29. The van der Waals surface area contributed by atoms with Crippen LogP contribution in [0.25, 0.3) is 0 Å². The fourth-order valence-corrected chi connectivity index (χ4v) is 3.40. The Labute approximate surface area is 120 Å². The first kappa shape index (κ1) is 14.6. The van der Waals surface area contributed by atoms with Gasteiger partial charge >= 0.3 is 0 Å². The monoisotopic (exact) mass is 282 g/mol. The molecule has 2 unspecified atom stereocenters. The number of hydrogen-bond acceptors (Lipinski definition) is 3. The molecule has 1 aromatic heterocycles. The summed E-state index contributed by atoms with van der Waals surface area (Å²) in [5.41, 5.74) is 6.82. The van der Waals surface area contributed by atoms with Crippen LogP contribution in [0.15, 0.2) is 12.3 Å². The van der Waals surface area contributed by atoms with Crippen LogP contribution >= 0.6 is 11.6 Å². The van der Waals surface area contributed by atoms with Crippen molar-refractivity contribution in [2.45, 2.75) is 52.7 Å². The zero-order valence-corrected chi connectivity index (χ0v) is 12.7. The minimum Gasteiger partial charge on any atom is -0.473 e. The second-order valence-electron chi connectivity index (χ2n) is 6.49. The highest BCUT2D eigenvalue weighted by molar-refractivity contribution is 6.31. The number of ether oxygens (including phenoxy) is 1. The molecule has 19 heavy (non-hydrogen) atoms. The maximum atomic E-state index is 6.19. The van der Waals surface area contributed by atoms with Gasteiger partial charge in [-0.05, 0) is 42.2 Å². The summed E-state index contributed by atoms with van der Waals surface area (Å²) >= 11 is 6.19. The molecule has 0 spiro atoms. The van der Waals surface area contributed by atoms with E-state index in [1.54, 1.807) is 6.20 Å². The molecule has 1 heterocycles. The molecule has 2 rings (SSSR count). The Morgan fingerprint density at radius 3 is 2.79 bits per heavy atom. The van der Waals surface area contributed by atoms with Crippen LogP contribution in [0.2, 0.25) is 5.02 Å². The molecule has 0 aliphatic heterocycles. The lowest BCUT2D eigenvalue weighted by Gasteiger charge is -2.38. The number of aromatic nitrogens is 1. The summed E-state index contributed by atoms with van der Waals surface area (Å²) in [6.45, 7) is 7.32. The van der Waals surface area contributed by atoms with Crippen molar-refractivity contribution in [1.82, 2.24) is 4.98 Å². The Balaban J connectivity index is 2.08. The molecule has 0 aromatic carbocycles. The van der Waals surface area contributed by atoms with Crippen LogP contribution in [0.3, 0.4) is 0 Å². The maximum absolute atomic E-state index is 6.19. The summed E-state index contributed by atoms with van der Waals surface area (Å²) in [4.78, 5) is 4.28. The van der Waals surface area contributed by atoms with Crippen molar-refractivity contribution in [2.75, 3.05) is 0 Å². The maximum Gasteiger partial charge on any atom is 0.232 e. The Morgan fingerprint density at radius 2 is 2.21 bits per heavy atom. The van der Waals surface area contributed by atoms with Gasteiger partial charge in [-0.3, -0.25) is 0 Å². The SMILES string of the molecule is CC1CC(Oc2ncc(CN)cc2Cl)CC(C)(C)C1. The van der Waals surface area contributed by atoms with Crippen LogP contribution in [0.1, 0.15) is 45.6 Å². The fraction of sp³-hybridized carbons (Fsp3) is 0.667. The normalized spacial score (nSPS) is 26.2. The third-order valence-electron chi connectivity index (χ3n) is 3.72. The lowest BCUT2D eigenvalue weighted by Crippen LogP contribution is -2.34. The molecule has 1 aliphatic carbocycles. The summed E-state index contributed by atoms with van der Waals surface area (Å²) in [5.74, 6) is 1.21. The van der Waals surface area contributed by atoms with E-state index in [1.165, 1.54) is 6.42 Å². The molecule has 3 nitrogen and oxygen atoms in total. The third kappa shape index (κ3) is 3.83. The van der Waals surface area contributed by atoms with E-state index in [-0.39, 0.29) is 6.10 Å². The smallest absolute Gasteiger partial charge is 0.232 e. The average molecular weight is 283 g/mol. The third-order valence-corrected chi connectivity index (χ3v) is 4.00. The number of nitrogens with two attached hydrogens (primary N) is 1. The largest absolute Gasteiger partial charge is 0.473 e. The zero-order valence-electron chi connectivity index (χ0n) is 11.9. The van der Waals surface area contributed by atoms with Gasteiger partial charge in [0.25, 0.3) is 0 Å². The molecule has 1 aliphatic rings. The van der Waals surface area contributed by atoms with E-state index in [4.69, 9.17) is 22.1 Å². The number of hydrogen-bond donors (Lipinski definition) is 1. The summed E-state index contributed by atoms with van der Waals surface area (Å²) in [7, 11) is 0. The van der Waals surface area contributed by atoms with E-state index >= 15 is 0 Å². The van der Waals surface area contributed by atoms with Gasteiger partial charge < -0.3 is 10.5 Å². The standard InChI is InChI=1S/C15H23ClN2O/c1-10-4-12(7-15(2,3)6-10)19-14-13(16)5-11(8-17)9-18-14/h5,9-10,12H,4,6-8,17H2,1-3H3. The molecule has 1 aromatic rings. The van der Waals surface area contributed by atoms with Crippen LogP contribution in [-0.2, 0) is 6.54 Å². The molecule has 106 valence electrons. The Kier molecular flexibility index (Phi) is 4.36. The minimum absolute atomic E-state index is 0.201. The molecule has 2 N–H and O–H groups in total. The quantitative estimate of drug-likeness (QED) is 0.918. The molecule has 1 saturated carbocycles. The van der Waals surface area contributed by atoms with Crippen molar-refractivity contribution in [3.05, 3.63) is 22.8 Å². The van der Waals surface area contributed by atoms with Crippen LogP contribution in [0.4, 0.5) is 0 Å². The van der Waals surface area contributed by atoms with Gasteiger partial charge in [-0.25, -0.2) is 4.98 Å². The lowest BCUT2D eigenvalue weighted by atomic mass is 9.71.